The molecular weight excluding hydrogens is 590 g/mol. The van der Waals surface area contributed by atoms with Crippen molar-refractivity contribution < 1.29 is 24.2 Å². The lowest BCUT2D eigenvalue weighted by molar-refractivity contribution is -0.137. The Hall–Kier alpha value is -3.60. The van der Waals surface area contributed by atoms with Crippen molar-refractivity contribution in [1.82, 2.24) is 10.2 Å². The van der Waals surface area contributed by atoms with E-state index < -0.39 is 5.97 Å². The molecule has 3 N–H and O–H groups in total. The number of amides is 1. The number of halogens is 1. The monoisotopic (exact) mass is 629 g/mol. The summed E-state index contributed by atoms with van der Waals surface area (Å²) in [4.78, 5) is 43.0. The van der Waals surface area contributed by atoms with Gasteiger partial charge in [0.05, 0.1) is 24.3 Å². The first-order valence-corrected chi connectivity index (χ1v) is 13.5. The summed E-state index contributed by atoms with van der Waals surface area (Å²) in [5.74, 6) is -0.229. The number of rotatable bonds is 9. The lowest BCUT2D eigenvalue weighted by Crippen LogP contribution is -2.35. The molecule has 0 radical (unpaired) electrons. The van der Waals surface area contributed by atoms with Crippen LogP contribution >= 0.6 is 17.0 Å². The summed E-state index contributed by atoms with van der Waals surface area (Å²) in [6.07, 6.45) is 0.570. The van der Waals surface area contributed by atoms with Crippen LogP contribution in [0.1, 0.15) is 71.0 Å². The van der Waals surface area contributed by atoms with Crippen LogP contribution in [0.4, 0.5) is 11.4 Å². The molecule has 41 heavy (non-hydrogen) atoms. The lowest BCUT2D eigenvalue weighted by Gasteiger charge is -2.35. The zero-order chi connectivity index (χ0) is 29.4. The minimum absolute atomic E-state index is 0. The molecule has 0 fully saturated rings. The molecule has 222 valence electrons. The van der Waals surface area contributed by atoms with Crippen molar-refractivity contribution in [2.75, 3.05) is 57.2 Å². The molecule has 2 aliphatic heterocycles. The molecule has 0 aliphatic carbocycles. The number of amidine groups is 1. The van der Waals surface area contributed by atoms with E-state index in [4.69, 9.17) is 15.3 Å². The third kappa shape index (κ3) is 6.66. The van der Waals surface area contributed by atoms with Crippen molar-refractivity contribution in [3.63, 3.8) is 0 Å². The molecule has 2 aromatic carbocycles. The number of carbonyl (C=O) groups excluding carboxylic acids is 2. The molecule has 0 unspecified atom stereocenters. The molecule has 0 bridgehead atoms. The van der Waals surface area contributed by atoms with Gasteiger partial charge in [0.15, 0.2) is 5.78 Å². The summed E-state index contributed by atoms with van der Waals surface area (Å²) in [7, 11) is 5.31. The molecule has 0 spiro atoms. The number of nitrogens with one attached hydrogen (secondary N) is 2. The Kier molecular flexibility index (Phi) is 9.73. The maximum atomic E-state index is 13.7. The van der Waals surface area contributed by atoms with Gasteiger partial charge in [0.25, 0.3) is 5.91 Å². The first-order chi connectivity index (χ1) is 18.8. The second-order valence-electron chi connectivity index (χ2n) is 11.6. The number of anilines is 2. The van der Waals surface area contributed by atoms with Crippen LogP contribution in [0.15, 0.2) is 24.3 Å². The summed E-state index contributed by atoms with van der Waals surface area (Å²) < 4.78 is 6.09. The molecular formula is C30H40BrN5O5. The van der Waals surface area contributed by atoms with Gasteiger partial charge < -0.3 is 29.9 Å². The lowest BCUT2D eigenvalue weighted by atomic mass is 9.84. The normalized spacial score (nSPS) is 14.0. The second kappa shape index (κ2) is 12.5. The van der Waals surface area contributed by atoms with Gasteiger partial charge in [-0.3, -0.25) is 19.8 Å². The number of ketones is 1. The van der Waals surface area contributed by atoms with E-state index in [1.54, 1.807) is 18.0 Å². The summed E-state index contributed by atoms with van der Waals surface area (Å²) in [6.45, 7) is 8.29. The fourth-order valence-electron chi connectivity index (χ4n) is 5.27. The van der Waals surface area contributed by atoms with Crippen LogP contribution in [0.25, 0.3) is 0 Å². The van der Waals surface area contributed by atoms with E-state index >= 15 is 0 Å². The minimum Gasteiger partial charge on any atom is -0.489 e. The quantitative estimate of drug-likeness (QED) is 0.354. The van der Waals surface area contributed by atoms with Gasteiger partial charge in [-0.25, -0.2) is 0 Å². The number of hydrogen-bond acceptors (Lipinski definition) is 7. The molecule has 0 saturated heterocycles. The second-order valence-corrected chi connectivity index (χ2v) is 11.6. The highest BCUT2D eigenvalue weighted by Crippen LogP contribution is 2.42. The summed E-state index contributed by atoms with van der Waals surface area (Å²) in [6, 6.07) is 7.39. The first kappa shape index (κ1) is 31.9. The maximum Gasteiger partial charge on any atom is 0.303 e. The van der Waals surface area contributed by atoms with Crippen molar-refractivity contribution >= 4 is 51.9 Å². The zero-order valence-electron chi connectivity index (χ0n) is 24.6. The van der Waals surface area contributed by atoms with Gasteiger partial charge >= 0.3 is 5.97 Å². The number of carboxylic acids is 1. The number of hydrogen-bond donors (Lipinski definition) is 3. The maximum absolute atomic E-state index is 13.7. The average molecular weight is 631 g/mol. The van der Waals surface area contributed by atoms with E-state index in [1.165, 1.54) is 0 Å². The van der Waals surface area contributed by atoms with Gasteiger partial charge in [-0.1, -0.05) is 20.8 Å². The van der Waals surface area contributed by atoms with Gasteiger partial charge in [-0.2, -0.15) is 0 Å². The fraction of sp³-hybridized carbons (Fsp3) is 0.467. The van der Waals surface area contributed by atoms with Crippen LogP contribution in [-0.2, 0) is 16.8 Å². The molecule has 0 atom stereocenters. The van der Waals surface area contributed by atoms with E-state index in [1.807, 2.05) is 37.2 Å². The number of benzene rings is 2. The van der Waals surface area contributed by atoms with Gasteiger partial charge in [0.1, 0.15) is 18.2 Å². The van der Waals surface area contributed by atoms with E-state index in [9.17, 15) is 14.4 Å². The molecule has 1 amide bonds. The predicted octanol–water partition coefficient (Wildman–Crippen LogP) is 4.08. The number of carboxylic acid groups (broad SMARTS) is 1. The summed E-state index contributed by atoms with van der Waals surface area (Å²) in [5.41, 5.74) is 4.74. The Morgan fingerprint density at radius 3 is 2.44 bits per heavy atom. The highest BCUT2D eigenvalue weighted by Gasteiger charge is 2.32. The molecule has 2 aromatic rings. The van der Waals surface area contributed by atoms with E-state index in [2.05, 4.69) is 31.0 Å². The van der Waals surface area contributed by atoms with E-state index in [-0.39, 0.29) is 52.9 Å². The number of ether oxygens (including phenoxy) is 1. The van der Waals surface area contributed by atoms with Gasteiger partial charge in [0.2, 0.25) is 0 Å². The van der Waals surface area contributed by atoms with Crippen molar-refractivity contribution in [1.29, 1.82) is 5.41 Å². The Morgan fingerprint density at radius 1 is 1.12 bits per heavy atom. The Morgan fingerprint density at radius 2 is 1.83 bits per heavy atom. The Labute approximate surface area is 251 Å². The molecule has 0 saturated carbocycles. The molecule has 2 heterocycles. The topological polar surface area (TPSA) is 126 Å². The Bertz CT molecular complexity index is 1370. The van der Waals surface area contributed by atoms with Crippen molar-refractivity contribution in [2.45, 2.75) is 45.6 Å². The SMILES string of the molecule is Br.CNC(=O)c1cc2c(cc1N(C)C)CN(CC(=O)c1cc3c(c(C(C)(C)C)c1)OCCN3CCCC(=O)O)C2=N. The minimum atomic E-state index is -0.831. The predicted molar refractivity (Wildman–Crippen MR) is 166 cm³/mol. The van der Waals surface area contributed by atoms with Crippen LogP contribution in [0.3, 0.4) is 0 Å². The first-order valence-electron chi connectivity index (χ1n) is 13.5. The van der Waals surface area contributed by atoms with E-state index in [0.717, 1.165) is 28.3 Å². The summed E-state index contributed by atoms with van der Waals surface area (Å²) in [5, 5.41) is 20.6. The number of fused-ring (bicyclic) bond motifs is 2. The average Bonchev–Trinajstić information content (AvgIpc) is 3.20. The van der Waals surface area contributed by atoms with Gasteiger partial charge in [0, 0.05) is 63.0 Å². The van der Waals surface area contributed by atoms with Crippen LogP contribution in [0.2, 0.25) is 0 Å². The highest BCUT2D eigenvalue weighted by atomic mass is 79.9. The fourth-order valence-corrected chi connectivity index (χ4v) is 5.27. The van der Waals surface area contributed by atoms with Crippen LogP contribution < -0.4 is 19.9 Å². The Balaban J connectivity index is 0.00000462. The van der Waals surface area contributed by atoms with Gasteiger partial charge in [-0.15, -0.1) is 17.0 Å². The molecule has 11 heteroatoms. The van der Waals surface area contributed by atoms with Crippen molar-refractivity contribution in [2.24, 2.45) is 0 Å². The molecule has 0 aromatic heterocycles. The highest BCUT2D eigenvalue weighted by molar-refractivity contribution is 8.93. The third-order valence-corrected chi connectivity index (χ3v) is 7.41. The van der Waals surface area contributed by atoms with Crippen molar-refractivity contribution in [3.05, 3.63) is 52.1 Å². The standard InChI is InChI=1S/C30H39N5O5.BrH/c1-30(2,3)22-12-18(13-24-27(22)40-11-10-34(24)9-7-8-26(37)38)25(36)17-35-16-19-14-23(33(5)6)21(29(39)32-4)15-20(19)28(35)31;/h12-15,31H,7-11,16-17H2,1-6H3,(H,32,39)(H,37,38);1H. The largest absolute Gasteiger partial charge is 0.489 e. The number of nitrogens with zero attached hydrogens (tertiary/aromatic N) is 3. The van der Waals surface area contributed by atoms with Gasteiger partial charge in [-0.05, 0) is 41.7 Å². The smallest absolute Gasteiger partial charge is 0.303 e. The van der Waals surface area contributed by atoms with Crippen LogP contribution in [-0.4, -0.2) is 80.9 Å². The zero-order valence-corrected chi connectivity index (χ0v) is 26.3. The summed E-state index contributed by atoms with van der Waals surface area (Å²) >= 11 is 0. The van der Waals surface area contributed by atoms with Crippen LogP contribution in [0, 0.1) is 5.41 Å². The number of Topliss-reactive ketones (excluding diaryl/α,β-unsaturated/α-hetero) is 1. The number of carbonyl (C=O) groups is 3. The molecule has 2 aliphatic rings. The third-order valence-electron chi connectivity index (χ3n) is 7.41. The van der Waals surface area contributed by atoms with Crippen molar-refractivity contribution in [3.8, 4) is 5.75 Å². The van der Waals surface area contributed by atoms with Crippen LogP contribution in [0.5, 0.6) is 5.75 Å². The molecule has 4 rings (SSSR count). The number of aliphatic carboxylic acids is 1. The molecule has 10 nitrogen and oxygen atoms in total. The van der Waals surface area contributed by atoms with E-state index in [0.29, 0.717) is 49.4 Å².